The highest BCUT2D eigenvalue weighted by Crippen LogP contribution is 2.20. The number of aliphatic carboxylic acids is 1. The average Bonchev–Trinajstić information content (AvgIpc) is 2.27. The number of hydrogen-bond acceptors (Lipinski definition) is 4. The first kappa shape index (κ1) is 12.0. The molecule has 0 amide bonds. The molecule has 82 valence electrons. The van der Waals surface area contributed by atoms with Crippen molar-refractivity contribution < 1.29 is 9.90 Å². The van der Waals surface area contributed by atoms with Gasteiger partial charge in [-0.05, 0) is 26.1 Å². The van der Waals surface area contributed by atoms with Crippen molar-refractivity contribution in [2.24, 2.45) is 0 Å². The van der Waals surface area contributed by atoms with Gasteiger partial charge in [-0.3, -0.25) is 4.79 Å². The van der Waals surface area contributed by atoms with Gasteiger partial charge in [0.2, 0.25) is 0 Å². The molecule has 0 aliphatic rings. The second kappa shape index (κ2) is 5.14. The highest BCUT2D eigenvalue weighted by molar-refractivity contribution is 7.99. The molecule has 0 radical (unpaired) electrons. The fraction of sp³-hybridized carbons (Fsp3) is 0.400. The predicted octanol–water partition coefficient (Wildman–Crippen LogP) is 1.24. The average molecular weight is 226 g/mol. The minimum Gasteiger partial charge on any atom is -0.480 e. The van der Waals surface area contributed by atoms with E-state index in [9.17, 15) is 4.79 Å². The van der Waals surface area contributed by atoms with Gasteiger partial charge in [0.15, 0.2) is 0 Å². The van der Waals surface area contributed by atoms with E-state index in [2.05, 4.69) is 10.3 Å². The Hall–Kier alpha value is -1.07. The number of hydrogen-bond donors (Lipinski definition) is 2. The number of carboxylic acid groups (broad SMARTS) is 1. The zero-order chi connectivity index (χ0) is 11.3. The quantitative estimate of drug-likeness (QED) is 0.740. The summed E-state index contributed by atoms with van der Waals surface area (Å²) in [7, 11) is 1.65. The number of aromatic nitrogens is 1. The monoisotopic (exact) mass is 226 g/mol. The highest BCUT2D eigenvalue weighted by atomic mass is 32.2. The summed E-state index contributed by atoms with van der Waals surface area (Å²) in [5, 5.41) is 12.6. The van der Waals surface area contributed by atoms with E-state index in [1.165, 1.54) is 11.8 Å². The molecule has 0 aliphatic carbocycles. The number of nitrogens with zero attached hydrogens (tertiary/aromatic N) is 1. The highest BCUT2D eigenvalue weighted by Gasteiger charge is 2.31. The van der Waals surface area contributed by atoms with Crippen LogP contribution < -0.4 is 5.32 Å². The molecule has 0 spiro atoms. The van der Waals surface area contributed by atoms with Gasteiger partial charge in [0.25, 0.3) is 0 Å². The Morgan fingerprint density at radius 1 is 1.67 bits per heavy atom. The number of pyridine rings is 1. The van der Waals surface area contributed by atoms with Crippen LogP contribution in [0.3, 0.4) is 0 Å². The van der Waals surface area contributed by atoms with E-state index in [0.29, 0.717) is 5.75 Å². The molecule has 0 saturated carbocycles. The van der Waals surface area contributed by atoms with Crippen LogP contribution in [0.1, 0.15) is 6.92 Å². The van der Waals surface area contributed by atoms with E-state index >= 15 is 0 Å². The summed E-state index contributed by atoms with van der Waals surface area (Å²) >= 11 is 1.43. The van der Waals surface area contributed by atoms with E-state index in [1.807, 2.05) is 18.2 Å². The fourth-order valence-electron chi connectivity index (χ4n) is 0.892. The van der Waals surface area contributed by atoms with Crippen LogP contribution in [0.4, 0.5) is 0 Å². The zero-order valence-corrected chi connectivity index (χ0v) is 9.54. The second-order valence-electron chi connectivity index (χ2n) is 3.34. The van der Waals surface area contributed by atoms with Gasteiger partial charge in [-0.2, -0.15) is 0 Å². The van der Waals surface area contributed by atoms with Crippen LogP contribution in [0.15, 0.2) is 29.4 Å². The van der Waals surface area contributed by atoms with Crippen LogP contribution >= 0.6 is 11.8 Å². The summed E-state index contributed by atoms with van der Waals surface area (Å²) in [5.74, 6) is -0.413. The maximum absolute atomic E-state index is 11.0. The van der Waals surface area contributed by atoms with Crippen molar-refractivity contribution in [3.05, 3.63) is 24.4 Å². The molecule has 1 aromatic heterocycles. The van der Waals surface area contributed by atoms with Crippen molar-refractivity contribution in [1.29, 1.82) is 0 Å². The van der Waals surface area contributed by atoms with Crippen molar-refractivity contribution >= 4 is 17.7 Å². The SMILES string of the molecule is CNC(C)(CSc1ccccn1)C(=O)O. The summed E-state index contributed by atoms with van der Waals surface area (Å²) in [6, 6.07) is 5.58. The summed E-state index contributed by atoms with van der Waals surface area (Å²) in [6.07, 6.45) is 1.69. The Bertz CT molecular complexity index is 331. The van der Waals surface area contributed by atoms with Crippen LogP contribution in [0.25, 0.3) is 0 Å². The molecule has 0 saturated heterocycles. The molecular weight excluding hydrogens is 212 g/mol. The summed E-state index contributed by atoms with van der Waals surface area (Å²) in [6.45, 7) is 1.66. The lowest BCUT2D eigenvalue weighted by atomic mass is 10.1. The molecule has 5 heteroatoms. The van der Waals surface area contributed by atoms with Gasteiger partial charge in [0.1, 0.15) is 5.54 Å². The Balaban J connectivity index is 2.59. The normalized spacial score (nSPS) is 14.5. The summed E-state index contributed by atoms with van der Waals surface area (Å²) < 4.78 is 0. The first-order chi connectivity index (χ1) is 7.08. The maximum Gasteiger partial charge on any atom is 0.324 e. The van der Waals surface area contributed by atoms with Crippen LogP contribution in [0.5, 0.6) is 0 Å². The molecule has 1 atom stereocenters. The molecule has 1 heterocycles. The number of thioether (sulfide) groups is 1. The number of carbonyl (C=O) groups is 1. The molecule has 1 unspecified atom stereocenters. The molecule has 0 fully saturated rings. The van der Waals surface area contributed by atoms with Crippen molar-refractivity contribution in [3.63, 3.8) is 0 Å². The van der Waals surface area contributed by atoms with Gasteiger partial charge in [-0.1, -0.05) is 6.07 Å². The van der Waals surface area contributed by atoms with Gasteiger partial charge >= 0.3 is 5.97 Å². The lowest BCUT2D eigenvalue weighted by molar-refractivity contribution is -0.142. The molecule has 15 heavy (non-hydrogen) atoms. The van der Waals surface area contributed by atoms with Crippen LogP contribution in [-0.2, 0) is 4.79 Å². The summed E-state index contributed by atoms with van der Waals surface area (Å²) in [5.41, 5.74) is -0.914. The van der Waals surface area contributed by atoms with E-state index in [4.69, 9.17) is 5.11 Å². The van der Waals surface area contributed by atoms with E-state index in [-0.39, 0.29) is 0 Å². The minimum atomic E-state index is -0.914. The van der Waals surface area contributed by atoms with Crippen LogP contribution in [0, 0.1) is 0 Å². The Kier molecular flexibility index (Phi) is 4.11. The minimum absolute atomic E-state index is 0.440. The standard InChI is InChI=1S/C10H14N2O2S/c1-10(11-2,9(13)14)7-15-8-5-3-4-6-12-8/h3-6,11H,7H2,1-2H3,(H,13,14). The van der Waals surface area contributed by atoms with Gasteiger partial charge in [-0.25, -0.2) is 4.98 Å². The fourth-order valence-corrected chi connectivity index (χ4v) is 1.91. The van der Waals surface area contributed by atoms with Gasteiger partial charge in [0.05, 0.1) is 5.03 Å². The maximum atomic E-state index is 11.0. The third-order valence-corrected chi connectivity index (χ3v) is 3.43. The molecule has 0 aromatic carbocycles. The first-order valence-corrected chi connectivity index (χ1v) is 5.53. The van der Waals surface area contributed by atoms with Gasteiger partial charge < -0.3 is 10.4 Å². The van der Waals surface area contributed by atoms with Gasteiger partial charge in [0, 0.05) is 11.9 Å². The van der Waals surface area contributed by atoms with Crippen molar-refractivity contribution in [1.82, 2.24) is 10.3 Å². The summed E-state index contributed by atoms with van der Waals surface area (Å²) in [4.78, 5) is 15.1. The van der Waals surface area contributed by atoms with E-state index in [0.717, 1.165) is 5.03 Å². The number of carboxylic acids is 1. The van der Waals surface area contributed by atoms with Gasteiger partial charge in [-0.15, -0.1) is 11.8 Å². The molecule has 0 bridgehead atoms. The predicted molar refractivity (Wildman–Crippen MR) is 60.1 cm³/mol. The largest absolute Gasteiger partial charge is 0.480 e. The smallest absolute Gasteiger partial charge is 0.324 e. The number of nitrogens with one attached hydrogen (secondary N) is 1. The van der Waals surface area contributed by atoms with Crippen molar-refractivity contribution in [3.8, 4) is 0 Å². The lowest BCUT2D eigenvalue weighted by Crippen LogP contribution is -2.49. The molecule has 1 aromatic rings. The van der Waals surface area contributed by atoms with Crippen molar-refractivity contribution in [2.75, 3.05) is 12.8 Å². The third-order valence-electron chi connectivity index (χ3n) is 2.17. The van der Waals surface area contributed by atoms with E-state index in [1.54, 1.807) is 20.2 Å². The third kappa shape index (κ3) is 3.21. The number of likely N-dealkylation sites (N-methyl/N-ethyl adjacent to an activating group) is 1. The molecule has 2 N–H and O–H groups in total. The Labute approximate surface area is 93.1 Å². The Morgan fingerprint density at radius 2 is 2.40 bits per heavy atom. The molecule has 4 nitrogen and oxygen atoms in total. The lowest BCUT2D eigenvalue weighted by Gasteiger charge is -2.23. The first-order valence-electron chi connectivity index (χ1n) is 4.54. The van der Waals surface area contributed by atoms with E-state index < -0.39 is 11.5 Å². The molecule has 1 rings (SSSR count). The molecule has 0 aliphatic heterocycles. The van der Waals surface area contributed by atoms with Crippen LogP contribution in [0.2, 0.25) is 0 Å². The molecular formula is C10H14N2O2S. The topological polar surface area (TPSA) is 62.2 Å². The second-order valence-corrected chi connectivity index (χ2v) is 4.34. The van der Waals surface area contributed by atoms with Crippen LogP contribution in [-0.4, -0.2) is 34.4 Å². The Morgan fingerprint density at radius 3 is 2.87 bits per heavy atom. The van der Waals surface area contributed by atoms with Crippen molar-refractivity contribution in [2.45, 2.75) is 17.5 Å². The zero-order valence-electron chi connectivity index (χ0n) is 8.73. The number of rotatable bonds is 5.